The van der Waals surface area contributed by atoms with Crippen molar-refractivity contribution in [1.82, 2.24) is 9.97 Å². The van der Waals surface area contributed by atoms with Crippen LogP contribution in [0.4, 0.5) is 23.0 Å². The van der Waals surface area contributed by atoms with Gasteiger partial charge in [-0.1, -0.05) is 24.3 Å². The van der Waals surface area contributed by atoms with E-state index in [-0.39, 0.29) is 10.7 Å². The van der Waals surface area contributed by atoms with Crippen LogP contribution < -0.4 is 15.8 Å². The zero-order valence-corrected chi connectivity index (χ0v) is 17.4. The van der Waals surface area contributed by atoms with Gasteiger partial charge in [-0.3, -0.25) is 4.72 Å². The number of nitrogens with zero attached hydrogens (tertiary/aromatic N) is 2. The van der Waals surface area contributed by atoms with Gasteiger partial charge in [-0.05, 0) is 67.4 Å². The zero-order valence-electron chi connectivity index (χ0n) is 16.5. The number of anilines is 4. The summed E-state index contributed by atoms with van der Waals surface area (Å²) in [6.07, 6.45) is 0. The van der Waals surface area contributed by atoms with Gasteiger partial charge in [0.2, 0.25) is 0 Å². The third kappa shape index (κ3) is 3.90. The van der Waals surface area contributed by atoms with Gasteiger partial charge in [0.15, 0.2) is 11.6 Å². The summed E-state index contributed by atoms with van der Waals surface area (Å²) in [5.41, 5.74) is 10.4. The van der Waals surface area contributed by atoms with Crippen molar-refractivity contribution in [3.05, 3.63) is 77.9 Å². The molecule has 0 atom stereocenters. The van der Waals surface area contributed by atoms with E-state index in [2.05, 4.69) is 20.0 Å². The Morgan fingerprint density at radius 2 is 1.43 bits per heavy atom. The van der Waals surface area contributed by atoms with Crippen molar-refractivity contribution in [2.24, 2.45) is 0 Å². The Labute approximate surface area is 175 Å². The molecule has 4 rings (SSSR count). The van der Waals surface area contributed by atoms with Crippen molar-refractivity contribution in [2.75, 3.05) is 15.8 Å². The van der Waals surface area contributed by atoms with Crippen LogP contribution in [-0.2, 0) is 10.0 Å². The fourth-order valence-corrected chi connectivity index (χ4v) is 4.01. The second-order valence-corrected chi connectivity index (χ2v) is 8.64. The van der Waals surface area contributed by atoms with Crippen LogP contribution in [0.25, 0.3) is 11.0 Å². The van der Waals surface area contributed by atoms with Crippen LogP contribution in [0.15, 0.2) is 71.6 Å². The summed E-state index contributed by atoms with van der Waals surface area (Å²) >= 11 is 0. The molecule has 0 aliphatic carbocycles. The first-order chi connectivity index (χ1) is 14.3. The SMILES string of the molecule is Cc1cccc(Nc2nc3ccccc3nc2NS(=O)(=O)c2ccc(N)cc2)c1C. The Hall–Kier alpha value is -3.65. The lowest BCUT2D eigenvalue weighted by Gasteiger charge is -2.16. The van der Waals surface area contributed by atoms with Crippen molar-refractivity contribution < 1.29 is 8.42 Å². The highest BCUT2D eigenvalue weighted by molar-refractivity contribution is 7.92. The first-order valence-corrected chi connectivity index (χ1v) is 10.8. The fraction of sp³-hybridized carbons (Fsp3) is 0.0909. The van der Waals surface area contributed by atoms with Gasteiger partial charge in [0.05, 0.1) is 15.9 Å². The van der Waals surface area contributed by atoms with Crippen LogP contribution in [0, 0.1) is 13.8 Å². The zero-order chi connectivity index (χ0) is 21.3. The Kier molecular flexibility index (Phi) is 5.01. The summed E-state index contributed by atoms with van der Waals surface area (Å²) < 4.78 is 28.4. The summed E-state index contributed by atoms with van der Waals surface area (Å²) in [4.78, 5) is 9.21. The lowest BCUT2D eigenvalue weighted by molar-refractivity contribution is 0.601. The van der Waals surface area contributed by atoms with E-state index in [9.17, 15) is 8.42 Å². The quantitative estimate of drug-likeness (QED) is 0.414. The second-order valence-electron chi connectivity index (χ2n) is 6.96. The summed E-state index contributed by atoms with van der Waals surface area (Å²) in [5, 5.41) is 3.24. The van der Waals surface area contributed by atoms with Crippen LogP contribution in [0.2, 0.25) is 0 Å². The standard InChI is InChI=1S/C22H21N5O2S/c1-14-6-5-9-18(15(14)2)24-21-22(26-20-8-4-3-7-19(20)25-21)27-30(28,29)17-12-10-16(23)11-13-17/h3-13H,23H2,1-2H3,(H,24,25)(H,26,27). The number of sulfonamides is 1. The normalized spacial score (nSPS) is 11.4. The molecule has 4 aromatic rings. The van der Waals surface area contributed by atoms with Gasteiger partial charge in [0, 0.05) is 11.4 Å². The van der Waals surface area contributed by atoms with Crippen molar-refractivity contribution in [3.63, 3.8) is 0 Å². The molecule has 30 heavy (non-hydrogen) atoms. The van der Waals surface area contributed by atoms with Gasteiger partial charge < -0.3 is 11.1 Å². The molecule has 152 valence electrons. The van der Waals surface area contributed by atoms with Gasteiger partial charge >= 0.3 is 0 Å². The number of nitrogens with two attached hydrogens (primary N) is 1. The maximum absolute atomic E-state index is 12.9. The van der Waals surface area contributed by atoms with E-state index < -0.39 is 10.0 Å². The number of hydrogen-bond donors (Lipinski definition) is 3. The molecule has 8 heteroatoms. The molecule has 1 aromatic heterocycles. The molecule has 0 aliphatic rings. The summed E-state index contributed by atoms with van der Waals surface area (Å²) in [6, 6.07) is 19.1. The topological polar surface area (TPSA) is 110 Å². The molecule has 7 nitrogen and oxygen atoms in total. The van der Waals surface area contributed by atoms with Gasteiger partial charge in [-0.15, -0.1) is 0 Å². The van der Waals surface area contributed by atoms with Crippen molar-refractivity contribution in [3.8, 4) is 0 Å². The monoisotopic (exact) mass is 419 g/mol. The number of para-hydroxylation sites is 2. The minimum Gasteiger partial charge on any atom is -0.399 e. The first-order valence-electron chi connectivity index (χ1n) is 9.32. The Morgan fingerprint density at radius 3 is 2.10 bits per heavy atom. The molecule has 0 unspecified atom stereocenters. The molecule has 0 fully saturated rings. The van der Waals surface area contributed by atoms with Gasteiger partial charge in [0.25, 0.3) is 10.0 Å². The van der Waals surface area contributed by atoms with Crippen LogP contribution in [0.3, 0.4) is 0 Å². The number of nitrogen functional groups attached to an aromatic ring is 1. The minimum atomic E-state index is -3.88. The van der Waals surface area contributed by atoms with E-state index in [0.717, 1.165) is 16.8 Å². The number of hydrogen-bond acceptors (Lipinski definition) is 6. The molecule has 1 heterocycles. The third-order valence-electron chi connectivity index (χ3n) is 4.85. The van der Waals surface area contributed by atoms with E-state index >= 15 is 0 Å². The van der Waals surface area contributed by atoms with Crippen LogP contribution in [-0.4, -0.2) is 18.4 Å². The smallest absolute Gasteiger partial charge is 0.263 e. The van der Waals surface area contributed by atoms with Crippen LogP contribution >= 0.6 is 0 Å². The van der Waals surface area contributed by atoms with Gasteiger partial charge in [-0.25, -0.2) is 18.4 Å². The molecule has 0 spiro atoms. The first kappa shape index (κ1) is 19.7. The molecule has 0 saturated heterocycles. The van der Waals surface area contributed by atoms with Crippen LogP contribution in [0.5, 0.6) is 0 Å². The lowest BCUT2D eigenvalue weighted by atomic mass is 10.1. The molecular weight excluding hydrogens is 398 g/mol. The molecule has 0 aliphatic heterocycles. The summed E-state index contributed by atoms with van der Waals surface area (Å²) in [5.74, 6) is 0.438. The van der Waals surface area contributed by atoms with Crippen molar-refractivity contribution in [1.29, 1.82) is 0 Å². The fourth-order valence-electron chi connectivity index (χ4n) is 3.01. The Bertz CT molecular complexity index is 1340. The highest BCUT2D eigenvalue weighted by Gasteiger charge is 2.19. The number of rotatable bonds is 5. The number of benzene rings is 3. The van der Waals surface area contributed by atoms with E-state index in [4.69, 9.17) is 5.73 Å². The predicted molar refractivity (Wildman–Crippen MR) is 120 cm³/mol. The lowest BCUT2D eigenvalue weighted by Crippen LogP contribution is -2.16. The molecule has 0 radical (unpaired) electrons. The average molecular weight is 420 g/mol. The number of aromatic nitrogens is 2. The third-order valence-corrected chi connectivity index (χ3v) is 6.20. The average Bonchev–Trinajstić information content (AvgIpc) is 2.72. The Morgan fingerprint density at radius 1 is 0.800 bits per heavy atom. The minimum absolute atomic E-state index is 0.0874. The molecule has 3 aromatic carbocycles. The molecule has 4 N–H and O–H groups in total. The van der Waals surface area contributed by atoms with Crippen LogP contribution in [0.1, 0.15) is 11.1 Å². The summed E-state index contributed by atoms with van der Waals surface area (Å²) in [7, 11) is -3.88. The number of aryl methyl sites for hydroxylation is 1. The van der Waals surface area contributed by atoms with E-state index in [1.165, 1.54) is 24.3 Å². The number of fused-ring (bicyclic) bond motifs is 1. The van der Waals surface area contributed by atoms with Crippen molar-refractivity contribution >= 4 is 44.1 Å². The second kappa shape index (κ2) is 7.64. The largest absolute Gasteiger partial charge is 0.399 e. The maximum atomic E-state index is 12.9. The van der Waals surface area contributed by atoms with Gasteiger partial charge in [-0.2, -0.15) is 0 Å². The van der Waals surface area contributed by atoms with Crippen molar-refractivity contribution in [2.45, 2.75) is 18.7 Å². The number of nitrogens with one attached hydrogen (secondary N) is 2. The highest BCUT2D eigenvalue weighted by Crippen LogP contribution is 2.29. The highest BCUT2D eigenvalue weighted by atomic mass is 32.2. The molecule has 0 saturated carbocycles. The molecule has 0 amide bonds. The Balaban J connectivity index is 1.80. The maximum Gasteiger partial charge on any atom is 0.263 e. The van der Waals surface area contributed by atoms with Gasteiger partial charge in [0.1, 0.15) is 0 Å². The van der Waals surface area contributed by atoms with E-state index in [1.807, 2.05) is 50.2 Å². The molecule has 0 bridgehead atoms. The van der Waals surface area contributed by atoms with E-state index in [0.29, 0.717) is 22.5 Å². The predicted octanol–water partition coefficient (Wildman–Crippen LogP) is 4.37. The molecular formula is C22H21N5O2S. The van der Waals surface area contributed by atoms with E-state index in [1.54, 1.807) is 6.07 Å². The summed E-state index contributed by atoms with van der Waals surface area (Å²) in [6.45, 7) is 4.00.